The minimum Gasteiger partial charge on any atom is -0.481 e. The van der Waals surface area contributed by atoms with Crippen molar-refractivity contribution in [3.05, 3.63) is 0 Å². The van der Waals surface area contributed by atoms with Gasteiger partial charge in [-0.3, -0.25) is 14.4 Å². The molecular formula is C18H30O8. The topological polar surface area (TPSA) is 138 Å². The Hall–Kier alpha value is -1.96. The van der Waals surface area contributed by atoms with Crippen molar-refractivity contribution in [3.8, 4) is 0 Å². The Morgan fingerprint density at radius 1 is 0.692 bits per heavy atom. The van der Waals surface area contributed by atoms with Crippen molar-refractivity contribution in [2.75, 3.05) is 6.61 Å². The number of aliphatic hydroxyl groups is 1. The van der Waals surface area contributed by atoms with Crippen molar-refractivity contribution in [2.45, 2.75) is 77.0 Å². The molecule has 3 N–H and O–H groups in total. The van der Waals surface area contributed by atoms with Gasteiger partial charge >= 0.3 is 23.9 Å². The average Bonchev–Trinajstić information content (AvgIpc) is 2.57. The van der Waals surface area contributed by atoms with Gasteiger partial charge in [0.05, 0.1) is 5.92 Å². The first-order chi connectivity index (χ1) is 12.4. The molecule has 0 aromatic rings. The first-order valence-corrected chi connectivity index (χ1v) is 9.15. The maximum atomic E-state index is 11.9. The molecule has 0 aliphatic rings. The lowest BCUT2D eigenvalue weighted by Gasteiger charge is -2.14. The summed E-state index contributed by atoms with van der Waals surface area (Å²) in [5.74, 6) is -3.96. The van der Waals surface area contributed by atoms with Crippen molar-refractivity contribution < 1.29 is 39.2 Å². The molecular weight excluding hydrogens is 344 g/mol. The fraction of sp³-hybridized carbons (Fsp3) is 0.778. The summed E-state index contributed by atoms with van der Waals surface area (Å²) in [4.78, 5) is 43.9. The van der Waals surface area contributed by atoms with E-state index in [0.717, 1.165) is 38.5 Å². The van der Waals surface area contributed by atoms with Crippen LogP contribution in [0.1, 0.15) is 77.0 Å². The highest BCUT2D eigenvalue weighted by atomic mass is 16.6. The number of carboxylic acids is 2. The number of ether oxygens (including phenoxy) is 1. The molecule has 0 bridgehead atoms. The molecule has 0 saturated carbocycles. The third kappa shape index (κ3) is 14.4. The van der Waals surface area contributed by atoms with E-state index in [1.54, 1.807) is 0 Å². The Labute approximate surface area is 153 Å². The summed E-state index contributed by atoms with van der Waals surface area (Å²) in [5.41, 5.74) is 0. The number of aliphatic hydroxyl groups excluding tert-OH is 1. The van der Waals surface area contributed by atoms with Crippen molar-refractivity contribution in [1.82, 2.24) is 0 Å². The van der Waals surface area contributed by atoms with Crippen LogP contribution < -0.4 is 0 Å². The van der Waals surface area contributed by atoms with E-state index in [2.05, 4.69) is 4.74 Å². The number of esters is 2. The largest absolute Gasteiger partial charge is 0.481 e. The van der Waals surface area contributed by atoms with E-state index in [4.69, 9.17) is 15.3 Å². The van der Waals surface area contributed by atoms with Crippen LogP contribution in [0.5, 0.6) is 0 Å². The van der Waals surface area contributed by atoms with Gasteiger partial charge in [-0.2, -0.15) is 0 Å². The van der Waals surface area contributed by atoms with Gasteiger partial charge in [0.15, 0.2) is 0 Å². The maximum Gasteiger partial charge on any atom is 0.339 e. The molecule has 0 aromatic carbocycles. The Morgan fingerprint density at radius 3 is 1.69 bits per heavy atom. The molecule has 150 valence electrons. The summed E-state index contributed by atoms with van der Waals surface area (Å²) in [6, 6.07) is 0. The molecule has 0 saturated heterocycles. The highest BCUT2D eigenvalue weighted by Gasteiger charge is 2.22. The quantitative estimate of drug-likeness (QED) is 0.213. The molecule has 26 heavy (non-hydrogen) atoms. The maximum absolute atomic E-state index is 11.9. The average molecular weight is 374 g/mol. The van der Waals surface area contributed by atoms with Crippen molar-refractivity contribution in [2.24, 2.45) is 5.92 Å². The van der Waals surface area contributed by atoms with Crippen molar-refractivity contribution in [3.63, 3.8) is 0 Å². The van der Waals surface area contributed by atoms with Crippen LogP contribution in [-0.2, 0) is 23.9 Å². The van der Waals surface area contributed by atoms with Gasteiger partial charge in [0, 0.05) is 12.8 Å². The van der Waals surface area contributed by atoms with E-state index < -0.39 is 36.4 Å². The second-order valence-corrected chi connectivity index (χ2v) is 6.34. The monoisotopic (exact) mass is 374 g/mol. The Morgan fingerprint density at radius 2 is 1.15 bits per heavy atom. The van der Waals surface area contributed by atoms with Gasteiger partial charge in [-0.25, -0.2) is 4.79 Å². The van der Waals surface area contributed by atoms with Gasteiger partial charge in [-0.1, -0.05) is 38.5 Å². The Kier molecular flexibility index (Phi) is 14.2. The van der Waals surface area contributed by atoms with Gasteiger partial charge in [0.1, 0.15) is 6.61 Å². The highest BCUT2D eigenvalue weighted by Crippen LogP contribution is 2.20. The number of carboxylic acid groups (broad SMARTS) is 2. The number of hydrogen-bond acceptors (Lipinski definition) is 6. The van der Waals surface area contributed by atoms with Gasteiger partial charge < -0.3 is 20.1 Å². The Balaban J connectivity index is 4.01. The van der Waals surface area contributed by atoms with E-state index >= 15 is 0 Å². The van der Waals surface area contributed by atoms with E-state index in [1.807, 2.05) is 0 Å². The molecule has 0 heterocycles. The lowest BCUT2D eigenvalue weighted by atomic mass is 9.95. The van der Waals surface area contributed by atoms with Crippen LogP contribution in [0.25, 0.3) is 0 Å². The molecule has 8 heteroatoms. The number of carbonyl (C=O) groups is 4. The summed E-state index contributed by atoms with van der Waals surface area (Å²) in [5, 5.41) is 25.9. The first-order valence-electron chi connectivity index (χ1n) is 9.15. The van der Waals surface area contributed by atoms with E-state index in [1.165, 1.54) is 0 Å². The second-order valence-electron chi connectivity index (χ2n) is 6.34. The zero-order valence-corrected chi connectivity index (χ0v) is 15.2. The fourth-order valence-corrected chi connectivity index (χ4v) is 2.66. The van der Waals surface area contributed by atoms with Crippen LogP contribution in [0.15, 0.2) is 0 Å². The van der Waals surface area contributed by atoms with E-state index in [0.29, 0.717) is 25.7 Å². The SMILES string of the molecule is O=C(O)CCCCCCCCCC(CCCC(=O)O)C(=O)OC(=O)CO. The third-order valence-corrected chi connectivity index (χ3v) is 4.06. The zero-order valence-electron chi connectivity index (χ0n) is 15.2. The molecule has 0 amide bonds. The molecule has 1 unspecified atom stereocenters. The molecule has 0 aliphatic carbocycles. The van der Waals surface area contributed by atoms with Gasteiger partial charge in [-0.15, -0.1) is 0 Å². The number of carbonyl (C=O) groups excluding carboxylic acids is 2. The van der Waals surface area contributed by atoms with Crippen molar-refractivity contribution >= 4 is 23.9 Å². The first kappa shape index (κ1) is 24.0. The summed E-state index contributed by atoms with van der Waals surface area (Å²) in [6.45, 7) is -0.866. The number of unbranched alkanes of at least 4 members (excludes halogenated alkanes) is 6. The molecule has 0 spiro atoms. The predicted octanol–water partition coefficient (Wildman–Crippen LogP) is 2.52. The summed E-state index contributed by atoms with van der Waals surface area (Å²) < 4.78 is 4.54. The lowest BCUT2D eigenvalue weighted by Crippen LogP contribution is -2.23. The zero-order chi connectivity index (χ0) is 19.8. The molecule has 0 radical (unpaired) electrons. The van der Waals surface area contributed by atoms with Crippen molar-refractivity contribution in [1.29, 1.82) is 0 Å². The van der Waals surface area contributed by atoms with Crippen LogP contribution >= 0.6 is 0 Å². The smallest absolute Gasteiger partial charge is 0.339 e. The predicted molar refractivity (Wildman–Crippen MR) is 92.4 cm³/mol. The van der Waals surface area contributed by atoms with Crippen LogP contribution in [0, 0.1) is 5.92 Å². The second kappa shape index (κ2) is 15.3. The van der Waals surface area contributed by atoms with Crippen LogP contribution in [0.2, 0.25) is 0 Å². The number of rotatable bonds is 16. The molecule has 1 atom stereocenters. The van der Waals surface area contributed by atoms with Crippen LogP contribution in [-0.4, -0.2) is 45.8 Å². The highest BCUT2D eigenvalue weighted by molar-refractivity contribution is 5.87. The minimum absolute atomic E-state index is 0.0476. The number of hydrogen-bond donors (Lipinski definition) is 3. The van der Waals surface area contributed by atoms with Gasteiger partial charge in [-0.05, 0) is 25.7 Å². The van der Waals surface area contributed by atoms with E-state index in [9.17, 15) is 19.2 Å². The Bertz CT molecular complexity index is 446. The minimum atomic E-state index is -1.00. The van der Waals surface area contributed by atoms with E-state index in [-0.39, 0.29) is 12.8 Å². The molecule has 0 aromatic heterocycles. The molecule has 8 nitrogen and oxygen atoms in total. The standard InChI is InChI=1S/C18H30O8/c19-13-17(24)26-18(25)14(10-8-12-16(22)23)9-6-4-2-1-3-5-7-11-15(20)21/h14,19H,1-13H2,(H,20,21)(H,22,23). The summed E-state index contributed by atoms with van der Waals surface area (Å²) in [6.07, 6.45) is 7.50. The molecule has 0 rings (SSSR count). The van der Waals surface area contributed by atoms with Gasteiger partial charge in [0.2, 0.25) is 0 Å². The normalized spacial score (nSPS) is 11.7. The number of aliphatic carboxylic acids is 2. The molecule has 0 aliphatic heterocycles. The van der Waals surface area contributed by atoms with Gasteiger partial charge in [0.25, 0.3) is 0 Å². The summed E-state index contributed by atoms with van der Waals surface area (Å²) in [7, 11) is 0. The third-order valence-electron chi connectivity index (χ3n) is 4.06. The summed E-state index contributed by atoms with van der Waals surface area (Å²) >= 11 is 0. The van der Waals surface area contributed by atoms with Crippen LogP contribution in [0.4, 0.5) is 0 Å². The van der Waals surface area contributed by atoms with Crippen LogP contribution in [0.3, 0.4) is 0 Å². The lowest BCUT2D eigenvalue weighted by molar-refractivity contribution is -0.165. The molecule has 0 fully saturated rings. The fourth-order valence-electron chi connectivity index (χ4n) is 2.66.